The Balaban J connectivity index is 1.45. The summed E-state index contributed by atoms with van der Waals surface area (Å²) in [5, 5.41) is 4.38. The van der Waals surface area contributed by atoms with Crippen LogP contribution in [0.1, 0.15) is 11.3 Å². The number of nitrogens with two attached hydrogens (primary N) is 1. The number of rotatable bonds is 2. The Labute approximate surface area is 153 Å². The molecule has 4 aromatic rings. The maximum Gasteiger partial charge on any atom is 0.231 e. The number of nitrogens with zero attached hydrogens (tertiary/aromatic N) is 4. The van der Waals surface area contributed by atoms with Gasteiger partial charge in [-0.1, -0.05) is 18.1 Å². The first-order chi connectivity index (χ1) is 13.3. The minimum atomic E-state index is 0.235. The molecule has 0 amide bonds. The average molecular weight is 359 g/mol. The summed E-state index contributed by atoms with van der Waals surface area (Å²) in [6, 6.07) is 9.30. The fourth-order valence-electron chi connectivity index (χ4n) is 2.84. The van der Waals surface area contributed by atoms with Gasteiger partial charge in [0.1, 0.15) is 5.69 Å². The van der Waals surface area contributed by atoms with Crippen LogP contribution in [-0.4, -0.2) is 26.4 Å². The molecule has 0 saturated carbocycles. The van der Waals surface area contributed by atoms with Gasteiger partial charge in [-0.2, -0.15) is 0 Å². The summed E-state index contributed by atoms with van der Waals surface area (Å²) < 4.78 is 17.7. The second-order valence-electron chi connectivity index (χ2n) is 5.82. The summed E-state index contributed by atoms with van der Waals surface area (Å²) in [6.07, 6.45) is 3.75. The van der Waals surface area contributed by atoms with Crippen LogP contribution in [0.2, 0.25) is 0 Å². The quantitative estimate of drug-likeness (QED) is 0.548. The van der Waals surface area contributed by atoms with Gasteiger partial charge in [-0.05, 0) is 24.1 Å². The Morgan fingerprint density at radius 2 is 2.11 bits per heavy atom. The maximum absolute atomic E-state index is 6.01. The number of hydrogen-bond acceptors (Lipinski definition) is 7. The van der Waals surface area contributed by atoms with Gasteiger partial charge in [0.15, 0.2) is 28.7 Å². The number of ether oxygens (including phenoxy) is 2. The standard InChI is InChI=1S/C19H13N5O3/c20-17-19-22-18(15-8-3-9-25-15)23-24(19)10-13(21-17)6-1-4-12-5-2-7-14-16(12)27-11-26-14/h2-3,5,7-10H,4,11H2,(H2,20,21). The van der Waals surface area contributed by atoms with Crippen LogP contribution in [0.4, 0.5) is 5.82 Å². The second kappa shape index (κ2) is 6.07. The molecule has 8 nitrogen and oxygen atoms in total. The number of fused-ring (bicyclic) bond motifs is 2. The van der Waals surface area contributed by atoms with Gasteiger partial charge in [0.05, 0.1) is 12.5 Å². The molecular formula is C19H13N5O3. The fraction of sp³-hybridized carbons (Fsp3) is 0.105. The number of furan rings is 1. The third kappa shape index (κ3) is 2.71. The van der Waals surface area contributed by atoms with Gasteiger partial charge in [-0.3, -0.25) is 0 Å². The zero-order valence-electron chi connectivity index (χ0n) is 14.0. The van der Waals surface area contributed by atoms with Crippen molar-refractivity contribution in [3.63, 3.8) is 0 Å². The fourth-order valence-corrected chi connectivity index (χ4v) is 2.84. The van der Waals surface area contributed by atoms with Gasteiger partial charge in [-0.15, -0.1) is 5.10 Å². The van der Waals surface area contributed by atoms with E-state index in [4.69, 9.17) is 19.6 Å². The summed E-state index contributed by atoms with van der Waals surface area (Å²) in [5.74, 6) is 8.84. The molecule has 2 N–H and O–H groups in total. The highest BCUT2D eigenvalue weighted by molar-refractivity contribution is 5.64. The highest BCUT2D eigenvalue weighted by atomic mass is 16.7. The molecule has 5 rings (SSSR count). The van der Waals surface area contributed by atoms with Crippen LogP contribution >= 0.6 is 0 Å². The molecule has 8 heteroatoms. The number of aromatic nitrogens is 4. The van der Waals surface area contributed by atoms with Crippen molar-refractivity contribution in [2.75, 3.05) is 12.5 Å². The zero-order chi connectivity index (χ0) is 18.2. The van der Waals surface area contributed by atoms with E-state index in [-0.39, 0.29) is 12.6 Å². The highest BCUT2D eigenvalue weighted by Crippen LogP contribution is 2.35. The molecule has 0 fully saturated rings. The lowest BCUT2D eigenvalue weighted by Crippen LogP contribution is -2.00. The molecule has 0 radical (unpaired) electrons. The second-order valence-corrected chi connectivity index (χ2v) is 5.82. The van der Waals surface area contributed by atoms with E-state index in [0.717, 1.165) is 17.1 Å². The molecule has 0 spiro atoms. The number of anilines is 1. The van der Waals surface area contributed by atoms with E-state index in [1.807, 2.05) is 18.2 Å². The lowest BCUT2D eigenvalue weighted by atomic mass is 10.1. The maximum atomic E-state index is 6.01. The van der Waals surface area contributed by atoms with Crippen LogP contribution in [0, 0.1) is 11.8 Å². The van der Waals surface area contributed by atoms with E-state index in [2.05, 4.69) is 26.9 Å². The minimum Gasteiger partial charge on any atom is -0.461 e. The van der Waals surface area contributed by atoms with Gasteiger partial charge in [0.25, 0.3) is 0 Å². The van der Waals surface area contributed by atoms with Gasteiger partial charge < -0.3 is 19.6 Å². The molecule has 0 aliphatic carbocycles. The van der Waals surface area contributed by atoms with Crippen molar-refractivity contribution in [3.8, 4) is 34.9 Å². The Kier molecular flexibility index (Phi) is 3.43. The minimum absolute atomic E-state index is 0.235. The topological polar surface area (TPSA) is 101 Å². The molecular weight excluding hydrogens is 346 g/mol. The van der Waals surface area contributed by atoms with E-state index in [9.17, 15) is 0 Å². The van der Waals surface area contributed by atoms with E-state index in [1.165, 1.54) is 0 Å². The van der Waals surface area contributed by atoms with Crippen LogP contribution < -0.4 is 15.2 Å². The Bertz CT molecular complexity index is 1200. The van der Waals surface area contributed by atoms with Crippen molar-refractivity contribution in [2.45, 2.75) is 6.42 Å². The summed E-state index contributed by atoms with van der Waals surface area (Å²) in [4.78, 5) is 8.65. The third-order valence-electron chi connectivity index (χ3n) is 4.06. The highest BCUT2D eigenvalue weighted by Gasteiger charge is 2.16. The summed E-state index contributed by atoms with van der Waals surface area (Å²) in [6.45, 7) is 0.235. The average Bonchev–Trinajstić information content (AvgIpc) is 3.41. The first kappa shape index (κ1) is 15.3. The first-order valence-electron chi connectivity index (χ1n) is 8.21. The van der Waals surface area contributed by atoms with Gasteiger partial charge in [-0.25, -0.2) is 14.5 Å². The van der Waals surface area contributed by atoms with Crippen molar-refractivity contribution >= 4 is 11.5 Å². The third-order valence-corrected chi connectivity index (χ3v) is 4.06. The van der Waals surface area contributed by atoms with Crippen LogP contribution in [-0.2, 0) is 6.42 Å². The number of nitrogen functional groups attached to an aromatic ring is 1. The van der Waals surface area contributed by atoms with Crippen molar-refractivity contribution in [1.29, 1.82) is 0 Å². The van der Waals surface area contributed by atoms with E-state index < -0.39 is 0 Å². The van der Waals surface area contributed by atoms with Crippen LogP contribution in [0.3, 0.4) is 0 Å². The molecule has 132 valence electrons. The molecule has 3 aromatic heterocycles. The number of hydrogen-bond donors (Lipinski definition) is 1. The predicted octanol–water partition coefficient (Wildman–Crippen LogP) is 2.29. The van der Waals surface area contributed by atoms with E-state index >= 15 is 0 Å². The van der Waals surface area contributed by atoms with Crippen LogP contribution in [0.15, 0.2) is 47.2 Å². The monoisotopic (exact) mass is 359 g/mol. The van der Waals surface area contributed by atoms with Gasteiger partial charge in [0.2, 0.25) is 12.6 Å². The van der Waals surface area contributed by atoms with Gasteiger partial charge in [0, 0.05) is 12.0 Å². The molecule has 0 bridgehead atoms. The largest absolute Gasteiger partial charge is 0.461 e. The Hall–Kier alpha value is -3.99. The number of benzene rings is 1. The van der Waals surface area contributed by atoms with Crippen LogP contribution in [0.5, 0.6) is 11.5 Å². The first-order valence-corrected chi connectivity index (χ1v) is 8.21. The molecule has 27 heavy (non-hydrogen) atoms. The van der Waals surface area contributed by atoms with Crippen molar-refractivity contribution in [3.05, 3.63) is 54.0 Å². The van der Waals surface area contributed by atoms with Crippen LogP contribution in [0.25, 0.3) is 17.2 Å². The summed E-state index contributed by atoms with van der Waals surface area (Å²) in [7, 11) is 0. The van der Waals surface area contributed by atoms with Gasteiger partial charge >= 0.3 is 0 Å². The predicted molar refractivity (Wildman–Crippen MR) is 96.0 cm³/mol. The lowest BCUT2D eigenvalue weighted by Gasteiger charge is -2.01. The Morgan fingerprint density at radius 1 is 1.15 bits per heavy atom. The molecule has 4 heterocycles. The molecule has 0 atom stereocenters. The molecule has 1 aromatic carbocycles. The summed E-state index contributed by atoms with van der Waals surface area (Å²) >= 11 is 0. The SMILES string of the molecule is Nc1nc(C#CCc2cccc3c2OCO3)cn2nc(-c3ccco3)nc12. The van der Waals surface area contributed by atoms with Crippen molar-refractivity contribution in [2.24, 2.45) is 0 Å². The normalized spacial score (nSPS) is 12.1. The smallest absolute Gasteiger partial charge is 0.231 e. The van der Waals surface area contributed by atoms with Crippen molar-refractivity contribution in [1.82, 2.24) is 19.6 Å². The molecule has 0 unspecified atom stereocenters. The Morgan fingerprint density at radius 3 is 3.00 bits per heavy atom. The van der Waals surface area contributed by atoms with E-state index in [1.54, 1.807) is 29.1 Å². The molecule has 0 saturated heterocycles. The molecule has 1 aliphatic heterocycles. The molecule has 1 aliphatic rings. The van der Waals surface area contributed by atoms with E-state index in [0.29, 0.717) is 29.3 Å². The number of para-hydroxylation sites is 1. The summed E-state index contributed by atoms with van der Waals surface area (Å²) in [5.41, 5.74) is 7.93. The van der Waals surface area contributed by atoms with Crippen molar-refractivity contribution < 1.29 is 13.9 Å². The zero-order valence-corrected chi connectivity index (χ0v) is 14.0. The lowest BCUT2D eigenvalue weighted by molar-refractivity contribution is 0.173.